The van der Waals surface area contributed by atoms with Crippen LogP contribution in [-0.4, -0.2) is 17.3 Å². The van der Waals surface area contributed by atoms with Gasteiger partial charge in [0.25, 0.3) is 0 Å². The molecule has 19 heavy (non-hydrogen) atoms. The molecule has 0 spiro atoms. The molecule has 1 aromatic heterocycles. The Balaban J connectivity index is 2.18. The molecule has 0 radical (unpaired) electrons. The number of ether oxygens (including phenoxy) is 1. The van der Waals surface area contributed by atoms with Gasteiger partial charge in [-0.1, -0.05) is 12.1 Å². The fourth-order valence-electron chi connectivity index (χ4n) is 2.53. The van der Waals surface area contributed by atoms with Gasteiger partial charge < -0.3 is 15.0 Å². The van der Waals surface area contributed by atoms with Gasteiger partial charge in [0.05, 0.1) is 6.04 Å². The Labute approximate surface area is 113 Å². The second-order valence-corrected chi connectivity index (χ2v) is 5.35. The lowest BCUT2D eigenvalue weighted by Gasteiger charge is -2.35. The first-order valence-electron chi connectivity index (χ1n) is 6.69. The van der Waals surface area contributed by atoms with Crippen molar-refractivity contribution in [1.29, 1.82) is 0 Å². The molecule has 1 heterocycles. The number of aromatic nitrogens is 2. The lowest BCUT2D eigenvalue weighted by atomic mass is 9.79. The molecule has 104 valence electrons. The molecule has 1 aliphatic carbocycles. The van der Waals surface area contributed by atoms with Crippen LogP contribution < -0.4 is 5.73 Å². The molecule has 1 aromatic rings. The van der Waals surface area contributed by atoms with Crippen LogP contribution in [0.4, 0.5) is 0 Å². The van der Waals surface area contributed by atoms with Crippen LogP contribution in [0.25, 0.3) is 0 Å². The van der Waals surface area contributed by atoms with Gasteiger partial charge in [-0.2, -0.15) is 4.98 Å². The zero-order valence-corrected chi connectivity index (χ0v) is 11.6. The Bertz CT molecular complexity index is 456. The number of hydrogen-bond donors (Lipinski definition) is 1. The Morgan fingerprint density at radius 2 is 2.26 bits per heavy atom. The fourth-order valence-corrected chi connectivity index (χ4v) is 2.53. The summed E-state index contributed by atoms with van der Waals surface area (Å²) < 4.78 is 10.9. The van der Waals surface area contributed by atoms with Crippen LogP contribution in [-0.2, 0) is 10.3 Å². The number of nitrogens with two attached hydrogens (primary N) is 1. The summed E-state index contributed by atoms with van der Waals surface area (Å²) in [5.74, 6) is 4.21. The monoisotopic (exact) mass is 263 g/mol. The van der Waals surface area contributed by atoms with Crippen molar-refractivity contribution >= 4 is 0 Å². The quantitative estimate of drug-likeness (QED) is 0.842. The van der Waals surface area contributed by atoms with Crippen molar-refractivity contribution in [3.8, 4) is 12.3 Å². The highest BCUT2D eigenvalue weighted by Gasteiger charge is 2.40. The molecule has 2 N–H and O–H groups in total. The van der Waals surface area contributed by atoms with Crippen molar-refractivity contribution in [3.63, 3.8) is 0 Å². The van der Waals surface area contributed by atoms with Gasteiger partial charge in [0, 0.05) is 13.5 Å². The molecule has 1 fully saturated rings. The summed E-state index contributed by atoms with van der Waals surface area (Å²) >= 11 is 0. The summed E-state index contributed by atoms with van der Waals surface area (Å²) in [6, 6.07) is -0.400. The third-order valence-electron chi connectivity index (χ3n) is 3.98. The van der Waals surface area contributed by atoms with Crippen LogP contribution in [0.5, 0.6) is 0 Å². The minimum absolute atomic E-state index is 0.388. The first-order valence-corrected chi connectivity index (χ1v) is 6.69. The van der Waals surface area contributed by atoms with Crippen LogP contribution in [0.3, 0.4) is 0 Å². The van der Waals surface area contributed by atoms with Crippen LogP contribution in [0, 0.1) is 18.3 Å². The molecule has 0 bridgehead atoms. The Morgan fingerprint density at radius 3 is 2.84 bits per heavy atom. The van der Waals surface area contributed by atoms with E-state index >= 15 is 0 Å². The molecule has 0 aromatic carbocycles. The molecule has 2 rings (SSSR count). The minimum Gasteiger partial charge on any atom is -0.370 e. The smallest absolute Gasteiger partial charge is 0.244 e. The van der Waals surface area contributed by atoms with E-state index in [2.05, 4.69) is 23.0 Å². The van der Waals surface area contributed by atoms with Gasteiger partial charge in [0.2, 0.25) is 11.7 Å². The molecule has 1 aliphatic rings. The van der Waals surface area contributed by atoms with E-state index in [0.717, 1.165) is 31.6 Å². The number of hydrogen-bond acceptors (Lipinski definition) is 5. The van der Waals surface area contributed by atoms with Crippen molar-refractivity contribution in [2.45, 2.75) is 50.7 Å². The fraction of sp³-hybridized carbons (Fsp3) is 0.714. The van der Waals surface area contributed by atoms with Crippen molar-refractivity contribution < 1.29 is 9.26 Å². The van der Waals surface area contributed by atoms with Gasteiger partial charge in [0.1, 0.15) is 5.60 Å². The predicted molar refractivity (Wildman–Crippen MR) is 71.0 cm³/mol. The van der Waals surface area contributed by atoms with Gasteiger partial charge in [-0.05, 0) is 31.6 Å². The van der Waals surface area contributed by atoms with Crippen molar-refractivity contribution in [2.24, 2.45) is 11.7 Å². The standard InChI is InChI=1S/C14H21N3O2/c1-4-5-11(15)12-16-13(17-19-12)14(18-3)8-6-10(2)7-9-14/h1,10-11H,5-9,15H2,2-3H3. The van der Waals surface area contributed by atoms with E-state index in [1.807, 2.05) is 0 Å². The molecule has 1 saturated carbocycles. The van der Waals surface area contributed by atoms with Crippen LogP contribution >= 0.6 is 0 Å². The van der Waals surface area contributed by atoms with Gasteiger partial charge in [-0.15, -0.1) is 12.3 Å². The first-order chi connectivity index (χ1) is 9.11. The lowest BCUT2D eigenvalue weighted by molar-refractivity contribution is -0.0609. The molecule has 0 saturated heterocycles. The molecule has 0 amide bonds. The highest BCUT2D eigenvalue weighted by molar-refractivity contribution is 5.06. The SMILES string of the molecule is C#CCC(N)c1nc(C2(OC)CCC(C)CC2)no1. The molecule has 0 aliphatic heterocycles. The predicted octanol–water partition coefficient (Wildman–Crippen LogP) is 2.14. The van der Waals surface area contributed by atoms with Gasteiger partial charge in [0.15, 0.2) is 0 Å². The molecule has 1 atom stereocenters. The van der Waals surface area contributed by atoms with Crippen molar-refractivity contribution in [3.05, 3.63) is 11.7 Å². The van der Waals surface area contributed by atoms with E-state index in [1.54, 1.807) is 7.11 Å². The van der Waals surface area contributed by atoms with E-state index < -0.39 is 11.6 Å². The van der Waals surface area contributed by atoms with Crippen LogP contribution in [0.2, 0.25) is 0 Å². The molecule has 5 nitrogen and oxygen atoms in total. The second kappa shape index (κ2) is 5.72. The third kappa shape index (κ3) is 2.80. The maximum absolute atomic E-state index is 5.88. The maximum Gasteiger partial charge on any atom is 0.244 e. The van der Waals surface area contributed by atoms with E-state index in [1.165, 1.54) is 0 Å². The van der Waals surface area contributed by atoms with Gasteiger partial charge in [-0.25, -0.2) is 0 Å². The van der Waals surface area contributed by atoms with Crippen molar-refractivity contribution in [1.82, 2.24) is 10.1 Å². The summed E-state index contributed by atoms with van der Waals surface area (Å²) in [4.78, 5) is 4.40. The number of rotatable bonds is 4. The van der Waals surface area contributed by atoms with Crippen LogP contribution in [0.15, 0.2) is 4.52 Å². The zero-order valence-electron chi connectivity index (χ0n) is 11.6. The Kier molecular flexibility index (Phi) is 4.23. The van der Waals surface area contributed by atoms with Crippen molar-refractivity contribution in [2.75, 3.05) is 7.11 Å². The first kappa shape index (κ1) is 14.0. The Hall–Kier alpha value is -1.38. The topological polar surface area (TPSA) is 74.2 Å². The summed E-state index contributed by atoms with van der Waals surface area (Å²) in [5.41, 5.74) is 5.45. The molecular weight excluding hydrogens is 242 g/mol. The zero-order chi connectivity index (χ0) is 13.9. The highest BCUT2D eigenvalue weighted by Crippen LogP contribution is 2.40. The van der Waals surface area contributed by atoms with E-state index in [9.17, 15) is 0 Å². The summed E-state index contributed by atoms with van der Waals surface area (Å²) in [7, 11) is 1.70. The molecule has 1 unspecified atom stereocenters. The second-order valence-electron chi connectivity index (χ2n) is 5.35. The number of terminal acetylenes is 1. The van der Waals surface area contributed by atoms with Crippen LogP contribution in [0.1, 0.15) is 56.8 Å². The minimum atomic E-state index is -0.426. The Morgan fingerprint density at radius 1 is 1.58 bits per heavy atom. The summed E-state index contributed by atoms with van der Waals surface area (Å²) in [5, 5.41) is 4.05. The number of nitrogens with zero attached hydrogens (tertiary/aromatic N) is 2. The van der Waals surface area contributed by atoms with Gasteiger partial charge in [-0.3, -0.25) is 0 Å². The van der Waals surface area contributed by atoms with E-state index in [0.29, 0.717) is 18.1 Å². The molecule has 5 heteroatoms. The summed E-state index contributed by atoms with van der Waals surface area (Å²) in [6.07, 6.45) is 9.66. The number of methoxy groups -OCH3 is 1. The van der Waals surface area contributed by atoms with E-state index in [4.69, 9.17) is 21.4 Å². The van der Waals surface area contributed by atoms with Gasteiger partial charge >= 0.3 is 0 Å². The normalized spacial score (nSPS) is 28.8. The summed E-state index contributed by atoms with van der Waals surface area (Å²) in [6.45, 7) is 2.25. The largest absolute Gasteiger partial charge is 0.370 e. The average molecular weight is 263 g/mol. The van der Waals surface area contributed by atoms with E-state index in [-0.39, 0.29) is 0 Å². The lowest BCUT2D eigenvalue weighted by Crippen LogP contribution is -2.34. The highest BCUT2D eigenvalue weighted by atomic mass is 16.5. The third-order valence-corrected chi connectivity index (χ3v) is 3.98. The molecular formula is C14H21N3O2. The maximum atomic E-state index is 5.88. The average Bonchev–Trinajstić information content (AvgIpc) is 2.91.